The van der Waals surface area contributed by atoms with Crippen molar-refractivity contribution in [3.8, 4) is 5.75 Å². The average molecular weight is 316 g/mol. The van der Waals surface area contributed by atoms with Crippen molar-refractivity contribution >= 4 is 22.6 Å². The molecule has 1 atom stereocenters. The Bertz CT molecular complexity index is 762. The summed E-state index contributed by atoms with van der Waals surface area (Å²) in [5.41, 5.74) is 8.03. The van der Waals surface area contributed by atoms with E-state index in [-0.39, 0.29) is 6.10 Å². The van der Waals surface area contributed by atoms with Crippen LogP contribution in [0, 0.1) is 0 Å². The van der Waals surface area contributed by atoms with Crippen LogP contribution in [0.25, 0.3) is 11.0 Å². The normalized spacial score (nSPS) is 12.8. The minimum absolute atomic E-state index is 0.0581. The summed E-state index contributed by atoms with van der Waals surface area (Å²) in [6.45, 7) is 3.95. The van der Waals surface area contributed by atoms with Crippen LogP contribution in [0.2, 0.25) is 5.02 Å². The number of halogens is 1. The molecular formula is C18H18ClNO2. The molecule has 0 aliphatic carbocycles. The third-order valence-corrected chi connectivity index (χ3v) is 3.66. The topological polar surface area (TPSA) is 48.4 Å². The van der Waals surface area contributed by atoms with Gasteiger partial charge in [0.15, 0.2) is 0 Å². The maximum Gasteiger partial charge on any atom is 0.134 e. The van der Waals surface area contributed by atoms with Crippen molar-refractivity contribution in [3.05, 3.63) is 64.9 Å². The molecule has 1 unspecified atom stereocenters. The lowest BCUT2D eigenvalue weighted by molar-refractivity contribution is 0.239. The van der Waals surface area contributed by atoms with Gasteiger partial charge in [0.05, 0.1) is 12.1 Å². The standard InChI is InChI=1S/C18H18ClNO2/c1-11(2)21-16-8-7-13(19)10-14(16)18(20)17-9-12-5-3-4-6-15(12)22-17/h3-11,18H,20H2,1-2H3. The van der Waals surface area contributed by atoms with Gasteiger partial charge in [-0.3, -0.25) is 0 Å². The Labute approximate surface area is 134 Å². The second-order valence-corrected chi connectivity index (χ2v) is 5.95. The molecule has 0 bridgehead atoms. The van der Waals surface area contributed by atoms with Crippen LogP contribution in [-0.4, -0.2) is 6.10 Å². The van der Waals surface area contributed by atoms with Gasteiger partial charge in [0, 0.05) is 16.0 Å². The molecule has 0 radical (unpaired) electrons. The summed E-state index contributed by atoms with van der Waals surface area (Å²) < 4.78 is 11.7. The molecule has 0 aliphatic heterocycles. The predicted molar refractivity (Wildman–Crippen MR) is 89.5 cm³/mol. The van der Waals surface area contributed by atoms with Gasteiger partial charge in [0.25, 0.3) is 0 Å². The Morgan fingerprint density at radius 2 is 1.86 bits per heavy atom. The van der Waals surface area contributed by atoms with Gasteiger partial charge < -0.3 is 14.9 Å². The Morgan fingerprint density at radius 1 is 1.09 bits per heavy atom. The highest BCUT2D eigenvalue weighted by Gasteiger charge is 2.19. The molecule has 0 aliphatic rings. The highest BCUT2D eigenvalue weighted by Crippen LogP contribution is 2.33. The predicted octanol–water partition coefficient (Wildman–Crippen LogP) is 4.92. The molecule has 3 rings (SSSR count). The van der Waals surface area contributed by atoms with Gasteiger partial charge >= 0.3 is 0 Å². The van der Waals surface area contributed by atoms with Gasteiger partial charge in [-0.05, 0) is 44.2 Å². The van der Waals surface area contributed by atoms with Crippen molar-refractivity contribution < 1.29 is 9.15 Å². The molecule has 3 aromatic rings. The molecule has 22 heavy (non-hydrogen) atoms. The smallest absolute Gasteiger partial charge is 0.134 e. The number of rotatable bonds is 4. The fraction of sp³-hybridized carbons (Fsp3) is 0.222. The van der Waals surface area contributed by atoms with E-state index in [4.69, 9.17) is 26.5 Å². The number of benzene rings is 2. The number of hydrogen-bond donors (Lipinski definition) is 1. The van der Waals surface area contributed by atoms with Crippen LogP contribution in [0.15, 0.2) is 52.9 Å². The fourth-order valence-corrected chi connectivity index (χ4v) is 2.61. The lowest BCUT2D eigenvalue weighted by Gasteiger charge is -2.18. The number of ether oxygens (including phenoxy) is 1. The van der Waals surface area contributed by atoms with Gasteiger partial charge in [0.2, 0.25) is 0 Å². The van der Waals surface area contributed by atoms with Crippen LogP contribution in [0.1, 0.15) is 31.2 Å². The first-order chi connectivity index (χ1) is 10.5. The van der Waals surface area contributed by atoms with Gasteiger partial charge in [-0.2, -0.15) is 0 Å². The largest absolute Gasteiger partial charge is 0.491 e. The number of nitrogens with two attached hydrogens (primary N) is 1. The monoisotopic (exact) mass is 315 g/mol. The second-order valence-electron chi connectivity index (χ2n) is 5.51. The van der Waals surface area contributed by atoms with Crippen LogP contribution in [0.3, 0.4) is 0 Å². The summed E-state index contributed by atoms with van der Waals surface area (Å²) in [7, 11) is 0. The summed E-state index contributed by atoms with van der Waals surface area (Å²) in [6.07, 6.45) is 0.0581. The van der Waals surface area contributed by atoms with Gasteiger partial charge in [-0.1, -0.05) is 29.8 Å². The second kappa shape index (κ2) is 6.03. The average Bonchev–Trinajstić information content (AvgIpc) is 2.92. The van der Waals surface area contributed by atoms with Gasteiger partial charge in [-0.25, -0.2) is 0 Å². The summed E-state index contributed by atoms with van der Waals surface area (Å²) in [4.78, 5) is 0. The van der Waals surface area contributed by atoms with E-state index in [0.29, 0.717) is 10.8 Å². The van der Waals surface area contributed by atoms with Crippen LogP contribution in [0.5, 0.6) is 5.75 Å². The Morgan fingerprint density at radius 3 is 2.59 bits per heavy atom. The van der Waals surface area contributed by atoms with E-state index in [2.05, 4.69) is 0 Å². The van der Waals surface area contributed by atoms with Crippen molar-refractivity contribution in [1.29, 1.82) is 0 Å². The van der Waals surface area contributed by atoms with Crippen LogP contribution >= 0.6 is 11.6 Å². The summed E-state index contributed by atoms with van der Waals surface area (Å²) in [6, 6.07) is 14.8. The molecule has 1 aromatic heterocycles. The van der Waals surface area contributed by atoms with Crippen molar-refractivity contribution in [2.45, 2.75) is 26.0 Å². The third kappa shape index (κ3) is 2.96. The molecule has 0 saturated carbocycles. The van der Waals surface area contributed by atoms with Crippen molar-refractivity contribution in [2.75, 3.05) is 0 Å². The van der Waals surface area contributed by atoms with E-state index in [1.807, 2.05) is 56.3 Å². The van der Waals surface area contributed by atoms with E-state index in [1.165, 1.54) is 0 Å². The molecule has 4 heteroatoms. The lowest BCUT2D eigenvalue weighted by Crippen LogP contribution is -2.15. The quantitative estimate of drug-likeness (QED) is 0.743. The molecule has 2 aromatic carbocycles. The maximum absolute atomic E-state index is 6.39. The Balaban J connectivity index is 2.03. The first-order valence-electron chi connectivity index (χ1n) is 7.25. The van der Waals surface area contributed by atoms with E-state index in [1.54, 1.807) is 6.07 Å². The van der Waals surface area contributed by atoms with Crippen molar-refractivity contribution in [1.82, 2.24) is 0 Å². The van der Waals surface area contributed by atoms with Gasteiger partial charge in [-0.15, -0.1) is 0 Å². The number of furan rings is 1. The molecule has 0 saturated heterocycles. The molecule has 114 valence electrons. The molecular weight excluding hydrogens is 298 g/mol. The number of fused-ring (bicyclic) bond motifs is 1. The fourth-order valence-electron chi connectivity index (χ4n) is 2.43. The molecule has 0 amide bonds. The third-order valence-electron chi connectivity index (χ3n) is 3.42. The van der Waals surface area contributed by atoms with Crippen LogP contribution in [-0.2, 0) is 0 Å². The Kier molecular flexibility index (Phi) is 4.10. The van der Waals surface area contributed by atoms with Crippen LogP contribution < -0.4 is 10.5 Å². The van der Waals surface area contributed by atoms with E-state index in [9.17, 15) is 0 Å². The van der Waals surface area contributed by atoms with Crippen molar-refractivity contribution in [2.24, 2.45) is 5.73 Å². The molecule has 1 heterocycles. The summed E-state index contributed by atoms with van der Waals surface area (Å²) in [5, 5.41) is 1.65. The molecule has 0 fully saturated rings. The number of hydrogen-bond acceptors (Lipinski definition) is 3. The van der Waals surface area contributed by atoms with E-state index in [0.717, 1.165) is 22.3 Å². The van der Waals surface area contributed by atoms with Gasteiger partial charge in [0.1, 0.15) is 17.1 Å². The summed E-state index contributed by atoms with van der Waals surface area (Å²) in [5.74, 6) is 1.42. The molecule has 2 N–H and O–H groups in total. The zero-order chi connectivity index (χ0) is 15.7. The lowest BCUT2D eigenvalue weighted by atomic mass is 10.0. The SMILES string of the molecule is CC(C)Oc1ccc(Cl)cc1C(N)c1cc2ccccc2o1. The first kappa shape index (κ1) is 14.9. The minimum atomic E-state index is -0.431. The highest BCUT2D eigenvalue weighted by atomic mass is 35.5. The minimum Gasteiger partial charge on any atom is -0.491 e. The zero-order valence-corrected chi connectivity index (χ0v) is 13.3. The van der Waals surface area contributed by atoms with E-state index >= 15 is 0 Å². The Hall–Kier alpha value is -1.97. The summed E-state index contributed by atoms with van der Waals surface area (Å²) >= 11 is 6.12. The molecule has 3 nitrogen and oxygen atoms in total. The van der Waals surface area contributed by atoms with Crippen LogP contribution in [0.4, 0.5) is 0 Å². The van der Waals surface area contributed by atoms with E-state index < -0.39 is 6.04 Å². The zero-order valence-electron chi connectivity index (χ0n) is 12.5. The highest BCUT2D eigenvalue weighted by molar-refractivity contribution is 6.30. The maximum atomic E-state index is 6.39. The molecule has 0 spiro atoms. The first-order valence-corrected chi connectivity index (χ1v) is 7.62. The van der Waals surface area contributed by atoms with Crippen molar-refractivity contribution in [3.63, 3.8) is 0 Å². The number of para-hydroxylation sites is 1.